The number of Topliss-reactive ketones (excluding diaryl/α,β-unsaturated/α-hetero) is 1. The average molecular weight is 451 g/mol. The summed E-state index contributed by atoms with van der Waals surface area (Å²) >= 11 is 1.53. The second kappa shape index (κ2) is 11.8. The second-order valence-corrected chi connectivity index (χ2v) is 8.79. The highest BCUT2D eigenvalue weighted by Gasteiger charge is 2.52. The number of carbonyl (C=O) groups is 2. The molecule has 3 rings (SSSR count). The van der Waals surface area contributed by atoms with Crippen LogP contribution >= 0.6 is 11.8 Å². The molecule has 2 aliphatic heterocycles. The van der Waals surface area contributed by atoms with Crippen molar-refractivity contribution in [2.45, 2.75) is 62.8 Å². The summed E-state index contributed by atoms with van der Waals surface area (Å²) in [5, 5.41) is 0. The van der Waals surface area contributed by atoms with Gasteiger partial charge in [-0.3, -0.25) is 4.79 Å². The fraction of sp³-hybridized carbons (Fsp3) is 0.565. The van der Waals surface area contributed by atoms with E-state index in [2.05, 4.69) is 6.58 Å². The Morgan fingerprint density at radius 2 is 1.97 bits per heavy atom. The van der Waals surface area contributed by atoms with Gasteiger partial charge in [0.05, 0.1) is 19.6 Å². The van der Waals surface area contributed by atoms with Gasteiger partial charge in [0.15, 0.2) is 12.4 Å². The highest BCUT2D eigenvalue weighted by molar-refractivity contribution is 7.99. The van der Waals surface area contributed by atoms with E-state index in [-0.39, 0.29) is 31.3 Å². The first kappa shape index (κ1) is 23.9. The second-order valence-electron chi connectivity index (χ2n) is 7.42. The molecule has 0 bridgehead atoms. The molecule has 0 unspecified atom stereocenters. The summed E-state index contributed by atoms with van der Waals surface area (Å²) in [4.78, 5) is 23.7. The molecule has 0 saturated carbocycles. The first-order valence-electron chi connectivity index (χ1n) is 10.5. The number of hydrogen-bond donors (Lipinski definition) is 0. The van der Waals surface area contributed by atoms with Crippen LogP contribution < -0.4 is 0 Å². The SMILES string of the molecule is C=CCO[C@@H]1[C@@H](OC(=O)CCC(C)=O)[C@H](SCC)O[C@@H]2CO[C@@H](c3ccccc3)O[C@@H]12. The van der Waals surface area contributed by atoms with Crippen molar-refractivity contribution in [3.8, 4) is 0 Å². The van der Waals surface area contributed by atoms with Crippen molar-refractivity contribution in [1.29, 1.82) is 0 Å². The first-order valence-corrected chi connectivity index (χ1v) is 11.6. The Bertz CT molecular complexity index is 741. The summed E-state index contributed by atoms with van der Waals surface area (Å²) in [5.74, 6) is 0.253. The van der Waals surface area contributed by atoms with Crippen LogP contribution in [-0.2, 0) is 33.3 Å². The van der Waals surface area contributed by atoms with E-state index in [0.717, 1.165) is 11.3 Å². The van der Waals surface area contributed by atoms with Crippen LogP contribution in [0.4, 0.5) is 0 Å². The van der Waals surface area contributed by atoms with Crippen molar-refractivity contribution in [2.75, 3.05) is 19.0 Å². The zero-order valence-electron chi connectivity index (χ0n) is 17.9. The zero-order chi connectivity index (χ0) is 22.2. The first-order chi connectivity index (χ1) is 15.0. The monoisotopic (exact) mass is 450 g/mol. The third kappa shape index (κ3) is 6.40. The molecule has 0 spiro atoms. The molecule has 1 aromatic rings. The summed E-state index contributed by atoms with van der Waals surface area (Å²) in [6, 6.07) is 9.64. The molecule has 31 heavy (non-hydrogen) atoms. The zero-order valence-corrected chi connectivity index (χ0v) is 18.8. The summed E-state index contributed by atoms with van der Waals surface area (Å²) in [6.45, 7) is 7.80. The third-order valence-corrected chi connectivity index (χ3v) is 6.08. The Balaban J connectivity index is 1.81. The number of thioether (sulfide) groups is 1. The number of ketones is 1. The predicted octanol–water partition coefficient (Wildman–Crippen LogP) is 3.43. The smallest absolute Gasteiger partial charge is 0.306 e. The van der Waals surface area contributed by atoms with E-state index in [1.165, 1.54) is 18.7 Å². The largest absolute Gasteiger partial charge is 0.456 e. The summed E-state index contributed by atoms with van der Waals surface area (Å²) in [6.07, 6.45) is -0.835. The highest BCUT2D eigenvalue weighted by Crippen LogP contribution is 2.39. The van der Waals surface area contributed by atoms with E-state index >= 15 is 0 Å². The van der Waals surface area contributed by atoms with Crippen LogP contribution in [0.5, 0.6) is 0 Å². The van der Waals surface area contributed by atoms with Crippen molar-refractivity contribution in [2.24, 2.45) is 0 Å². The van der Waals surface area contributed by atoms with Crippen molar-refractivity contribution in [3.05, 3.63) is 48.6 Å². The Kier molecular flexibility index (Phi) is 9.10. The van der Waals surface area contributed by atoms with Crippen molar-refractivity contribution < 1.29 is 33.3 Å². The van der Waals surface area contributed by atoms with E-state index in [4.69, 9.17) is 23.7 Å². The molecule has 0 radical (unpaired) electrons. The van der Waals surface area contributed by atoms with E-state index in [1.54, 1.807) is 6.08 Å². The van der Waals surface area contributed by atoms with Crippen LogP contribution in [0.15, 0.2) is 43.0 Å². The molecule has 2 aliphatic rings. The molecule has 2 saturated heterocycles. The lowest BCUT2D eigenvalue weighted by Crippen LogP contribution is -2.62. The van der Waals surface area contributed by atoms with Crippen molar-refractivity contribution in [3.63, 3.8) is 0 Å². The number of esters is 1. The number of carbonyl (C=O) groups excluding carboxylic acids is 2. The van der Waals surface area contributed by atoms with Gasteiger partial charge in [-0.1, -0.05) is 43.3 Å². The summed E-state index contributed by atoms with van der Waals surface area (Å²) in [7, 11) is 0. The maximum absolute atomic E-state index is 12.5. The topological polar surface area (TPSA) is 80.3 Å². The van der Waals surface area contributed by atoms with Gasteiger partial charge in [-0.05, 0) is 12.7 Å². The van der Waals surface area contributed by atoms with Crippen molar-refractivity contribution >= 4 is 23.5 Å². The molecule has 6 atom stereocenters. The minimum atomic E-state index is -0.680. The number of benzene rings is 1. The minimum Gasteiger partial charge on any atom is -0.456 e. The molecular weight excluding hydrogens is 420 g/mol. The van der Waals surface area contributed by atoms with Crippen LogP contribution in [0.3, 0.4) is 0 Å². The molecule has 8 heteroatoms. The molecule has 0 N–H and O–H groups in total. The van der Waals surface area contributed by atoms with E-state index in [0.29, 0.717) is 6.61 Å². The predicted molar refractivity (Wildman–Crippen MR) is 117 cm³/mol. The normalized spacial score (nSPS) is 30.3. The van der Waals surface area contributed by atoms with Crippen LogP contribution in [0.2, 0.25) is 0 Å². The van der Waals surface area contributed by atoms with Gasteiger partial charge in [0, 0.05) is 12.0 Å². The minimum absolute atomic E-state index is 0.0221. The Morgan fingerprint density at radius 3 is 2.65 bits per heavy atom. The maximum Gasteiger partial charge on any atom is 0.306 e. The molecule has 7 nitrogen and oxygen atoms in total. The lowest BCUT2D eigenvalue weighted by molar-refractivity contribution is -0.323. The third-order valence-electron chi connectivity index (χ3n) is 5.04. The van der Waals surface area contributed by atoms with E-state index in [9.17, 15) is 9.59 Å². The summed E-state index contributed by atoms with van der Waals surface area (Å²) < 4.78 is 30.3. The molecule has 0 aromatic heterocycles. The molecule has 2 heterocycles. The molecule has 0 aliphatic carbocycles. The van der Waals surface area contributed by atoms with Gasteiger partial charge in [-0.15, -0.1) is 18.3 Å². The Hall–Kier alpha value is -1.71. The lowest BCUT2D eigenvalue weighted by Gasteiger charge is -2.48. The summed E-state index contributed by atoms with van der Waals surface area (Å²) in [5.41, 5.74) is 0.464. The van der Waals surface area contributed by atoms with Gasteiger partial charge < -0.3 is 28.5 Å². The van der Waals surface area contributed by atoms with Gasteiger partial charge in [0.25, 0.3) is 0 Å². The van der Waals surface area contributed by atoms with Gasteiger partial charge in [-0.2, -0.15) is 0 Å². The highest BCUT2D eigenvalue weighted by atomic mass is 32.2. The van der Waals surface area contributed by atoms with Gasteiger partial charge >= 0.3 is 5.97 Å². The number of hydrogen-bond acceptors (Lipinski definition) is 8. The van der Waals surface area contributed by atoms with Crippen LogP contribution in [-0.4, -0.2) is 60.6 Å². The number of ether oxygens (including phenoxy) is 5. The molecule has 170 valence electrons. The fourth-order valence-corrected chi connectivity index (χ4v) is 4.56. The van der Waals surface area contributed by atoms with Crippen molar-refractivity contribution in [1.82, 2.24) is 0 Å². The Morgan fingerprint density at radius 1 is 1.19 bits per heavy atom. The molecule has 1 aromatic carbocycles. The Labute approximate surface area is 187 Å². The van der Waals surface area contributed by atoms with Gasteiger partial charge in [0.1, 0.15) is 29.5 Å². The standard InChI is InChI=1S/C23H30O7S/c1-4-13-26-20-19-17(14-27-22(30-19)16-9-7-6-8-10-16)28-23(31-5-2)21(20)29-18(25)12-11-15(3)24/h4,6-10,17,19-23H,1,5,11-14H2,2-3H3/t17-,19-,20+,21-,22-,23+/m1/s1. The van der Waals surface area contributed by atoms with Gasteiger partial charge in [0.2, 0.25) is 0 Å². The van der Waals surface area contributed by atoms with E-state index < -0.39 is 36.0 Å². The maximum atomic E-state index is 12.5. The van der Waals surface area contributed by atoms with Crippen LogP contribution in [0.1, 0.15) is 38.5 Å². The molecule has 0 amide bonds. The molecular formula is C23H30O7S. The molecule has 2 fully saturated rings. The number of fused-ring (bicyclic) bond motifs is 1. The quantitative estimate of drug-likeness (QED) is 0.396. The fourth-order valence-electron chi connectivity index (χ4n) is 3.61. The average Bonchev–Trinajstić information content (AvgIpc) is 2.78. The van der Waals surface area contributed by atoms with E-state index in [1.807, 2.05) is 37.3 Å². The number of rotatable bonds is 10. The lowest BCUT2D eigenvalue weighted by atomic mass is 9.98. The van der Waals surface area contributed by atoms with Gasteiger partial charge in [-0.25, -0.2) is 0 Å². The van der Waals surface area contributed by atoms with Crippen LogP contribution in [0.25, 0.3) is 0 Å². The van der Waals surface area contributed by atoms with Crippen LogP contribution in [0, 0.1) is 0 Å².